The summed E-state index contributed by atoms with van der Waals surface area (Å²) in [5.41, 5.74) is 0.928. The highest BCUT2D eigenvalue weighted by Gasteiger charge is 2.15. The Morgan fingerprint density at radius 3 is 1.39 bits per heavy atom. The van der Waals surface area contributed by atoms with Gasteiger partial charge in [-0.05, 0) is 35.4 Å². The van der Waals surface area contributed by atoms with Crippen molar-refractivity contribution in [3.8, 4) is 0 Å². The molecule has 0 aliphatic heterocycles. The molecular weight excluding hydrogens is 460 g/mol. The summed E-state index contributed by atoms with van der Waals surface area (Å²) in [5.74, 6) is -1.06. The topological polar surface area (TPSA) is 119 Å². The lowest BCUT2D eigenvalue weighted by atomic mass is 10.1. The maximum absolute atomic E-state index is 12.5. The maximum atomic E-state index is 12.5. The van der Waals surface area contributed by atoms with Gasteiger partial charge in [0.1, 0.15) is 22.3 Å². The van der Waals surface area contributed by atoms with Crippen LogP contribution in [0.5, 0.6) is 0 Å². The number of hydrogen-bond acceptors (Lipinski definition) is 6. The predicted molar refractivity (Wildman–Crippen MR) is 134 cm³/mol. The van der Waals surface area contributed by atoms with Gasteiger partial charge in [-0.3, -0.25) is 9.59 Å². The molecule has 0 atom stereocenters. The Kier molecular flexibility index (Phi) is 6.15. The van der Waals surface area contributed by atoms with Crippen LogP contribution in [0, 0.1) is 0 Å². The zero-order valence-electron chi connectivity index (χ0n) is 18.9. The van der Waals surface area contributed by atoms with E-state index < -0.39 is 23.1 Å². The van der Waals surface area contributed by atoms with E-state index >= 15 is 0 Å². The third kappa shape index (κ3) is 4.78. The average molecular weight is 480 g/mol. The number of hydrogen-bond donors (Lipinski definition) is 2. The molecule has 0 aliphatic rings. The van der Waals surface area contributed by atoms with Gasteiger partial charge in [-0.1, -0.05) is 60.7 Å². The fourth-order valence-electron chi connectivity index (χ4n) is 3.77. The fourth-order valence-corrected chi connectivity index (χ4v) is 3.77. The maximum Gasteiger partial charge on any atom is 0.349 e. The van der Waals surface area contributed by atoms with Crippen molar-refractivity contribution < 1.29 is 18.4 Å². The summed E-state index contributed by atoms with van der Waals surface area (Å²) in [4.78, 5) is 49.4. The highest BCUT2D eigenvalue weighted by Crippen LogP contribution is 2.14. The van der Waals surface area contributed by atoms with Gasteiger partial charge in [0.15, 0.2) is 0 Å². The molecule has 0 saturated heterocycles. The standard InChI is InChI=1S/C28H20N2O6/c31-25(21-13-19-5-1-3-7-23(19)35-27(21)33)29-15-17-9-11-18(12-10-17)16-30-26(32)22-14-20-6-2-4-8-24(20)36-28(22)34/h1-14H,15-16H2,(H,29,31)(H,30,32). The van der Waals surface area contributed by atoms with Gasteiger partial charge in [-0.2, -0.15) is 0 Å². The second-order valence-electron chi connectivity index (χ2n) is 8.15. The van der Waals surface area contributed by atoms with Crippen LogP contribution in [0.3, 0.4) is 0 Å². The van der Waals surface area contributed by atoms with E-state index in [2.05, 4.69) is 10.6 Å². The van der Waals surface area contributed by atoms with Gasteiger partial charge in [0, 0.05) is 23.9 Å². The van der Waals surface area contributed by atoms with Crippen molar-refractivity contribution in [2.75, 3.05) is 0 Å². The highest BCUT2D eigenvalue weighted by molar-refractivity contribution is 5.97. The lowest BCUT2D eigenvalue weighted by Crippen LogP contribution is -2.28. The van der Waals surface area contributed by atoms with E-state index in [4.69, 9.17) is 8.83 Å². The van der Waals surface area contributed by atoms with Crippen LogP contribution >= 0.6 is 0 Å². The normalized spacial score (nSPS) is 10.9. The van der Waals surface area contributed by atoms with Crippen LogP contribution in [0.1, 0.15) is 31.8 Å². The van der Waals surface area contributed by atoms with Gasteiger partial charge < -0.3 is 19.5 Å². The zero-order chi connectivity index (χ0) is 25.1. The van der Waals surface area contributed by atoms with Crippen molar-refractivity contribution in [2.45, 2.75) is 13.1 Å². The molecule has 8 nitrogen and oxygen atoms in total. The number of carbonyl (C=O) groups is 2. The molecule has 0 saturated carbocycles. The number of benzene rings is 3. The highest BCUT2D eigenvalue weighted by atomic mass is 16.4. The van der Waals surface area contributed by atoms with Crippen LogP contribution in [0.25, 0.3) is 21.9 Å². The first kappa shape index (κ1) is 22.8. The summed E-state index contributed by atoms with van der Waals surface area (Å²) < 4.78 is 10.4. The minimum Gasteiger partial charge on any atom is -0.422 e. The third-order valence-corrected chi connectivity index (χ3v) is 5.70. The summed E-state index contributed by atoms with van der Waals surface area (Å²) >= 11 is 0. The van der Waals surface area contributed by atoms with E-state index in [1.165, 1.54) is 12.1 Å². The molecule has 8 heteroatoms. The number of para-hydroxylation sites is 2. The summed E-state index contributed by atoms with van der Waals surface area (Å²) in [6.45, 7) is 0.408. The van der Waals surface area contributed by atoms with Gasteiger partial charge in [0.25, 0.3) is 11.8 Å². The quantitative estimate of drug-likeness (QED) is 0.357. The molecule has 0 fully saturated rings. The molecule has 5 rings (SSSR count). The van der Waals surface area contributed by atoms with Crippen LogP contribution in [0.2, 0.25) is 0 Å². The third-order valence-electron chi connectivity index (χ3n) is 5.70. The minimum absolute atomic E-state index is 0.0637. The molecule has 0 unspecified atom stereocenters. The van der Waals surface area contributed by atoms with E-state index in [0.717, 1.165) is 11.1 Å². The van der Waals surface area contributed by atoms with Crippen molar-refractivity contribution in [2.24, 2.45) is 0 Å². The molecular formula is C28H20N2O6. The first-order chi connectivity index (χ1) is 17.5. The van der Waals surface area contributed by atoms with Crippen molar-refractivity contribution in [3.05, 3.63) is 128 Å². The molecule has 0 bridgehead atoms. The smallest absolute Gasteiger partial charge is 0.349 e. The number of fused-ring (bicyclic) bond motifs is 2. The Balaban J connectivity index is 1.19. The van der Waals surface area contributed by atoms with Crippen molar-refractivity contribution in [1.29, 1.82) is 0 Å². The lowest BCUT2D eigenvalue weighted by molar-refractivity contribution is 0.0938. The Morgan fingerprint density at radius 1 is 0.583 bits per heavy atom. The molecule has 0 radical (unpaired) electrons. The molecule has 178 valence electrons. The second-order valence-corrected chi connectivity index (χ2v) is 8.15. The van der Waals surface area contributed by atoms with Crippen LogP contribution in [-0.4, -0.2) is 11.8 Å². The SMILES string of the molecule is O=C(NCc1ccc(CNC(=O)c2cc3ccccc3oc2=O)cc1)c1cc2ccccc2oc1=O. The molecule has 2 heterocycles. The Labute approximate surface area is 204 Å². The zero-order valence-corrected chi connectivity index (χ0v) is 18.9. The molecule has 0 aliphatic carbocycles. The average Bonchev–Trinajstić information content (AvgIpc) is 2.90. The van der Waals surface area contributed by atoms with E-state index in [1.54, 1.807) is 72.8 Å². The van der Waals surface area contributed by atoms with Gasteiger partial charge in [-0.15, -0.1) is 0 Å². The fraction of sp³-hybridized carbons (Fsp3) is 0.0714. The Morgan fingerprint density at radius 2 is 0.972 bits per heavy atom. The first-order valence-corrected chi connectivity index (χ1v) is 11.2. The van der Waals surface area contributed by atoms with E-state index in [0.29, 0.717) is 21.9 Å². The van der Waals surface area contributed by atoms with Crippen molar-refractivity contribution in [1.82, 2.24) is 10.6 Å². The van der Waals surface area contributed by atoms with Gasteiger partial charge >= 0.3 is 11.3 Å². The number of carbonyl (C=O) groups excluding carboxylic acids is 2. The summed E-state index contributed by atoms with van der Waals surface area (Å²) in [6, 6.07) is 24.2. The number of amides is 2. The van der Waals surface area contributed by atoms with Gasteiger partial charge in [0.2, 0.25) is 0 Å². The summed E-state index contributed by atoms with van der Waals surface area (Å²) in [5, 5.41) is 6.76. The van der Waals surface area contributed by atoms with E-state index in [-0.39, 0.29) is 24.2 Å². The minimum atomic E-state index is -0.697. The summed E-state index contributed by atoms with van der Waals surface area (Å²) in [7, 11) is 0. The van der Waals surface area contributed by atoms with Crippen molar-refractivity contribution >= 4 is 33.8 Å². The first-order valence-electron chi connectivity index (χ1n) is 11.2. The van der Waals surface area contributed by atoms with Gasteiger partial charge in [-0.25, -0.2) is 9.59 Å². The second kappa shape index (κ2) is 9.71. The molecule has 2 aromatic heterocycles. The van der Waals surface area contributed by atoms with Crippen LogP contribution in [0.4, 0.5) is 0 Å². The molecule has 36 heavy (non-hydrogen) atoms. The predicted octanol–water partition coefficient (Wildman–Crippen LogP) is 3.76. The number of nitrogens with one attached hydrogen (secondary N) is 2. The summed E-state index contributed by atoms with van der Waals surface area (Å²) in [6.07, 6.45) is 0. The largest absolute Gasteiger partial charge is 0.422 e. The van der Waals surface area contributed by atoms with Gasteiger partial charge in [0.05, 0.1) is 0 Å². The number of rotatable bonds is 6. The molecule has 2 N–H and O–H groups in total. The van der Waals surface area contributed by atoms with Crippen LogP contribution in [-0.2, 0) is 13.1 Å². The lowest BCUT2D eigenvalue weighted by Gasteiger charge is -2.08. The van der Waals surface area contributed by atoms with Crippen LogP contribution in [0.15, 0.2) is 103 Å². The molecule has 3 aromatic carbocycles. The van der Waals surface area contributed by atoms with E-state index in [1.807, 2.05) is 0 Å². The van der Waals surface area contributed by atoms with E-state index in [9.17, 15) is 19.2 Å². The molecule has 0 spiro atoms. The molecule has 5 aromatic rings. The Bertz CT molecular complexity index is 1590. The van der Waals surface area contributed by atoms with Crippen molar-refractivity contribution in [3.63, 3.8) is 0 Å². The monoisotopic (exact) mass is 480 g/mol. The van der Waals surface area contributed by atoms with Crippen LogP contribution < -0.4 is 21.9 Å². The Hall–Kier alpha value is -4.98. The molecule has 2 amide bonds.